The number of nitrogens with zero attached hydrogens (tertiary/aromatic N) is 4. The van der Waals surface area contributed by atoms with Crippen molar-refractivity contribution in [2.45, 2.75) is 37.8 Å². The second-order valence-electron chi connectivity index (χ2n) is 8.03. The van der Waals surface area contributed by atoms with E-state index >= 15 is 0 Å². The van der Waals surface area contributed by atoms with Crippen molar-refractivity contribution in [2.75, 3.05) is 29.1 Å². The first-order valence-corrected chi connectivity index (χ1v) is 11.7. The Balaban J connectivity index is 1.40. The second-order valence-corrected chi connectivity index (χ2v) is 8.97. The van der Waals surface area contributed by atoms with Crippen molar-refractivity contribution in [3.05, 3.63) is 48.4 Å². The summed E-state index contributed by atoms with van der Waals surface area (Å²) < 4.78 is 48.1. The zero-order chi connectivity index (χ0) is 24.1. The first kappa shape index (κ1) is 24.0. The lowest BCUT2D eigenvalue weighted by atomic mass is 10.00. The molecule has 8 nitrogen and oxygen atoms in total. The smallest absolute Gasteiger partial charge is 0.467 e. The molecule has 1 fully saturated rings. The van der Waals surface area contributed by atoms with Crippen LogP contribution in [0.4, 0.5) is 24.8 Å². The number of nitrogens with one attached hydrogen (secondary N) is 1. The molecular weight excluding hydrogens is 471 g/mol. The van der Waals surface area contributed by atoms with Gasteiger partial charge in [0.25, 0.3) is 0 Å². The standard InChI is InChI=1S/C22H24F3N5O3S/c1-15-8-10-29(11-9-15)20-27-28-21(30(20)13-18-3-2-12-32-18)34-14-19(31)26-16-4-6-17(7-5-16)33-22(23,24)25/h2-7,12,15H,8-11,13-14H2,1H3,(H,26,31). The van der Waals surface area contributed by atoms with Crippen LogP contribution in [0.1, 0.15) is 25.5 Å². The van der Waals surface area contributed by atoms with Crippen LogP contribution in [-0.4, -0.2) is 45.9 Å². The number of piperidine rings is 1. The lowest BCUT2D eigenvalue weighted by Crippen LogP contribution is -2.35. The maximum Gasteiger partial charge on any atom is 0.573 e. The van der Waals surface area contributed by atoms with Crippen molar-refractivity contribution in [2.24, 2.45) is 5.92 Å². The van der Waals surface area contributed by atoms with Crippen molar-refractivity contribution in [1.29, 1.82) is 0 Å². The molecule has 1 aliphatic rings. The van der Waals surface area contributed by atoms with E-state index in [0.717, 1.165) is 49.8 Å². The van der Waals surface area contributed by atoms with Crippen LogP contribution >= 0.6 is 11.8 Å². The molecule has 12 heteroatoms. The Morgan fingerprint density at radius 2 is 1.94 bits per heavy atom. The number of aromatic nitrogens is 3. The van der Waals surface area contributed by atoms with E-state index in [1.165, 1.54) is 23.9 Å². The fourth-order valence-corrected chi connectivity index (χ4v) is 4.33. The van der Waals surface area contributed by atoms with E-state index < -0.39 is 6.36 Å². The number of benzene rings is 1. The normalized spacial score (nSPS) is 14.9. The molecule has 0 saturated carbocycles. The Hall–Kier alpha value is -3.15. The molecule has 34 heavy (non-hydrogen) atoms. The summed E-state index contributed by atoms with van der Waals surface area (Å²) in [5.74, 6) is 1.53. The van der Waals surface area contributed by atoms with Gasteiger partial charge < -0.3 is 19.4 Å². The van der Waals surface area contributed by atoms with Gasteiger partial charge in [-0.15, -0.1) is 23.4 Å². The van der Waals surface area contributed by atoms with E-state index in [0.29, 0.717) is 23.3 Å². The van der Waals surface area contributed by atoms with Crippen molar-refractivity contribution in [3.8, 4) is 5.75 Å². The van der Waals surface area contributed by atoms with Crippen LogP contribution in [0.3, 0.4) is 0 Å². The Kier molecular flexibility index (Phi) is 7.35. The number of ether oxygens (including phenoxy) is 1. The van der Waals surface area contributed by atoms with E-state index in [-0.39, 0.29) is 17.4 Å². The van der Waals surface area contributed by atoms with Gasteiger partial charge in [0.2, 0.25) is 11.9 Å². The third kappa shape index (κ3) is 6.46. The predicted molar refractivity (Wildman–Crippen MR) is 121 cm³/mol. The number of rotatable bonds is 8. The van der Waals surface area contributed by atoms with Gasteiger partial charge in [0, 0.05) is 18.8 Å². The highest BCUT2D eigenvalue weighted by Crippen LogP contribution is 2.28. The van der Waals surface area contributed by atoms with Crippen LogP contribution in [0.15, 0.2) is 52.2 Å². The highest BCUT2D eigenvalue weighted by molar-refractivity contribution is 7.99. The summed E-state index contributed by atoms with van der Waals surface area (Å²) in [6.45, 7) is 4.45. The molecule has 1 amide bonds. The maximum atomic E-state index is 12.4. The highest BCUT2D eigenvalue weighted by Gasteiger charge is 2.31. The molecule has 1 N–H and O–H groups in total. The van der Waals surface area contributed by atoms with Crippen molar-refractivity contribution >= 4 is 29.3 Å². The van der Waals surface area contributed by atoms with Gasteiger partial charge in [-0.05, 0) is 55.2 Å². The summed E-state index contributed by atoms with van der Waals surface area (Å²) in [4.78, 5) is 14.6. The molecule has 1 saturated heterocycles. The molecule has 3 aromatic rings. The molecule has 2 aromatic heterocycles. The average Bonchev–Trinajstić information content (AvgIpc) is 3.44. The average molecular weight is 496 g/mol. The van der Waals surface area contributed by atoms with Gasteiger partial charge >= 0.3 is 6.36 Å². The quantitative estimate of drug-likeness (QED) is 0.450. The van der Waals surface area contributed by atoms with E-state index in [4.69, 9.17) is 4.42 Å². The first-order valence-electron chi connectivity index (χ1n) is 10.8. The molecule has 0 atom stereocenters. The fourth-order valence-electron chi connectivity index (χ4n) is 3.59. The summed E-state index contributed by atoms with van der Waals surface area (Å²) in [5.41, 5.74) is 0.361. The monoisotopic (exact) mass is 495 g/mol. The van der Waals surface area contributed by atoms with E-state index in [1.54, 1.807) is 6.26 Å². The zero-order valence-corrected chi connectivity index (χ0v) is 19.2. The van der Waals surface area contributed by atoms with E-state index in [1.807, 2.05) is 16.7 Å². The number of carbonyl (C=O) groups is 1. The SMILES string of the molecule is CC1CCN(c2nnc(SCC(=O)Nc3ccc(OC(F)(F)F)cc3)n2Cc2ccco2)CC1. The summed E-state index contributed by atoms with van der Waals surface area (Å²) in [5, 5.41) is 11.9. The first-order chi connectivity index (χ1) is 16.3. The number of hydrogen-bond acceptors (Lipinski definition) is 7. The molecule has 1 aromatic carbocycles. The van der Waals surface area contributed by atoms with Crippen molar-refractivity contribution < 1.29 is 27.1 Å². The van der Waals surface area contributed by atoms with E-state index in [9.17, 15) is 18.0 Å². The number of furan rings is 1. The number of halogens is 3. The molecule has 0 unspecified atom stereocenters. The third-order valence-electron chi connectivity index (χ3n) is 5.36. The minimum atomic E-state index is -4.77. The molecular formula is C22H24F3N5O3S. The summed E-state index contributed by atoms with van der Waals surface area (Å²) in [6.07, 6.45) is -1.01. The van der Waals surface area contributed by atoms with Gasteiger partial charge in [0.1, 0.15) is 11.5 Å². The van der Waals surface area contributed by atoms with Crippen LogP contribution in [0.2, 0.25) is 0 Å². The number of hydrogen-bond donors (Lipinski definition) is 1. The molecule has 4 rings (SSSR count). The number of amides is 1. The minimum Gasteiger partial charge on any atom is -0.467 e. The van der Waals surface area contributed by atoms with Gasteiger partial charge in [-0.2, -0.15) is 0 Å². The topological polar surface area (TPSA) is 85.4 Å². The number of thioether (sulfide) groups is 1. The maximum absolute atomic E-state index is 12.4. The predicted octanol–water partition coefficient (Wildman–Crippen LogP) is 4.79. The molecule has 0 aliphatic carbocycles. The van der Waals surface area contributed by atoms with Crippen LogP contribution in [-0.2, 0) is 11.3 Å². The lowest BCUT2D eigenvalue weighted by molar-refractivity contribution is -0.274. The minimum absolute atomic E-state index is 0.0497. The zero-order valence-electron chi connectivity index (χ0n) is 18.4. The van der Waals surface area contributed by atoms with Gasteiger partial charge in [-0.1, -0.05) is 18.7 Å². The molecule has 1 aliphatic heterocycles. The Bertz CT molecular complexity index is 1080. The van der Waals surface area contributed by atoms with Crippen LogP contribution in [0, 0.1) is 5.92 Å². The van der Waals surface area contributed by atoms with Crippen LogP contribution in [0.5, 0.6) is 5.75 Å². The van der Waals surface area contributed by atoms with Crippen molar-refractivity contribution in [3.63, 3.8) is 0 Å². The molecule has 0 bridgehead atoms. The molecule has 0 spiro atoms. The lowest BCUT2D eigenvalue weighted by Gasteiger charge is -2.31. The van der Waals surface area contributed by atoms with Crippen LogP contribution < -0.4 is 15.0 Å². The second kappa shape index (κ2) is 10.4. The number of carbonyl (C=O) groups excluding carboxylic acids is 1. The van der Waals surface area contributed by atoms with Gasteiger partial charge in [0.05, 0.1) is 18.6 Å². The number of alkyl halides is 3. The third-order valence-corrected chi connectivity index (χ3v) is 6.33. The highest BCUT2D eigenvalue weighted by atomic mass is 32.2. The Morgan fingerprint density at radius 1 is 1.21 bits per heavy atom. The number of anilines is 2. The van der Waals surface area contributed by atoms with Gasteiger partial charge in [0.15, 0.2) is 5.16 Å². The fraction of sp³-hybridized carbons (Fsp3) is 0.409. The largest absolute Gasteiger partial charge is 0.573 e. The summed E-state index contributed by atoms with van der Waals surface area (Å²) in [7, 11) is 0. The Morgan fingerprint density at radius 3 is 2.59 bits per heavy atom. The molecule has 182 valence electrons. The van der Waals surface area contributed by atoms with Crippen LogP contribution in [0.25, 0.3) is 0 Å². The summed E-state index contributed by atoms with van der Waals surface area (Å²) >= 11 is 1.23. The molecule has 3 heterocycles. The molecule has 0 radical (unpaired) electrons. The van der Waals surface area contributed by atoms with Gasteiger partial charge in [-0.25, -0.2) is 0 Å². The van der Waals surface area contributed by atoms with E-state index in [2.05, 4.69) is 32.1 Å². The summed E-state index contributed by atoms with van der Waals surface area (Å²) in [6, 6.07) is 8.66. The Labute approximate surface area is 198 Å². The van der Waals surface area contributed by atoms with Gasteiger partial charge in [-0.3, -0.25) is 9.36 Å². The van der Waals surface area contributed by atoms with Crippen molar-refractivity contribution in [1.82, 2.24) is 14.8 Å².